The van der Waals surface area contributed by atoms with Crippen LogP contribution < -0.4 is 10.2 Å². The van der Waals surface area contributed by atoms with E-state index >= 15 is 0 Å². The van der Waals surface area contributed by atoms with Crippen LogP contribution in [0.1, 0.15) is 20.8 Å². The highest BCUT2D eigenvalue weighted by molar-refractivity contribution is 5.53. The van der Waals surface area contributed by atoms with Crippen LogP contribution >= 0.6 is 0 Å². The van der Waals surface area contributed by atoms with Crippen molar-refractivity contribution in [2.24, 2.45) is 0 Å². The maximum atomic E-state index is 4.23. The molecular formula is C11H19N3. The van der Waals surface area contributed by atoms with Crippen molar-refractivity contribution in [3.8, 4) is 0 Å². The summed E-state index contributed by atoms with van der Waals surface area (Å²) in [4.78, 5) is 6.46. The van der Waals surface area contributed by atoms with E-state index in [0.717, 1.165) is 12.4 Å². The predicted molar refractivity (Wildman–Crippen MR) is 61.9 cm³/mol. The van der Waals surface area contributed by atoms with Crippen LogP contribution in [0.4, 0.5) is 11.5 Å². The van der Waals surface area contributed by atoms with Gasteiger partial charge >= 0.3 is 0 Å². The monoisotopic (exact) mass is 193 g/mol. The molecule has 1 aromatic rings. The van der Waals surface area contributed by atoms with E-state index in [1.807, 2.05) is 12.3 Å². The van der Waals surface area contributed by atoms with Gasteiger partial charge in [0.1, 0.15) is 5.82 Å². The number of rotatable bonds is 4. The lowest BCUT2D eigenvalue weighted by molar-refractivity contribution is 0.754. The third-order valence-corrected chi connectivity index (χ3v) is 2.28. The minimum atomic E-state index is 0.506. The van der Waals surface area contributed by atoms with Crippen molar-refractivity contribution in [1.82, 2.24) is 4.98 Å². The van der Waals surface area contributed by atoms with Crippen molar-refractivity contribution in [3.63, 3.8) is 0 Å². The Morgan fingerprint density at radius 3 is 2.79 bits per heavy atom. The van der Waals surface area contributed by atoms with Gasteiger partial charge in [0.05, 0.1) is 0 Å². The lowest BCUT2D eigenvalue weighted by Crippen LogP contribution is -2.25. The maximum Gasteiger partial charge on any atom is 0.127 e. The zero-order valence-corrected chi connectivity index (χ0v) is 9.41. The SMILES string of the molecule is CCNc1cc(N(C)C(C)C)ccn1. The van der Waals surface area contributed by atoms with Gasteiger partial charge < -0.3 is 10.2 Å². The molecule has 0 fully saturated rings. The molecule has 0 saturated carbocycles. The second-order valence-corrected chi connectivity index (χ2v) is 3.63. The summed E-state index contributed by atoms with van der Waals surface area (Å²) in [5.74, 6) is 0.942. The van der Waals surface area contributed by atoms with Gasteiger partial charge in [0.2, 0.25) is 0 Å². The molecule has 0 aliphatic heterocycles. The predicted octanol–water partition coefficient (Wildman–Crippen LogP) is 2.36. The van der Waals surface area contributed by atoms with Gasteiger partial charge in [-0.05, 0) is 26.8 Å². The Balaban J connectivity index is 2.82. The van der Waals surface area contributed by atoms with Gasteiger partial charge in [-0.3, -0.25) is 0 Å². The van der Waals surface area contributed by atoms with Gasteiger partial charge in [-0.25, -0.2) is 4.98 Å². The molecule has 0 atom stereocenters. The van der Waals surface area contributed by atoms with E-state index in [1.165, 1.54) is 5.69 Å². The summed E-state index contributed by atoms with van der Waals surface area (Å²) in [6.07, 6.45) is 1.84. The fourth-order valence-electron chi connectivity index (χ4n) is 1.21. The van der Waals surface area contributed by atoms with Gasteiger partial charge in [-0.2, -0.15) is 0 Å². The number of aromatic nitrogens is 1. The standard InChI is InChI=1S/C11H19N3/c1-5-12-11-8-10(6-7-13-11)14(4)9(2)3/h6-9H,5H2,1-4H3,(H,12,13). The molecule has 0 spiro atoms. The molecular weight excluding hydrogens is 174 g/mol. The Bertz CT molecular complexity index is 284. The van der Waals surface area contributed by atoms with Gasteiger partial charge in [-0.1, -0.05) is 0 Å². The van der Waals surface area contributed by atoms with Gasteiger partial charge in [-0.15, -0.1) is 0 Å². The maximum absolute atomic E-state index is 4.23. The van der Waals surface area contributed by atoms with Crippen molar-refractivity contribution < 1.29 is 0 Å². The first kappa shape index (κ1) is 10.8. The molecule has 1 rings (SSSR count). The Hall–Kier alpha value is -1.25. The second-order valence-electron chi connectivity index (χ2n) is 3.63. The molecule has 0 saturated heterocycles. The molecule has 0 aliphatic carbocycles. The van der Waals surface area contributed by atoms with E-state index < -0.39 is 0 Å². The Morgan fingerprint density at radius 2 is 2.21 bits per heavy atom. The van der Waals surface area contributed by atoms with Crippen LogP contribution in [0.15, 0.2) is 18.3 Å². The van der Waals surface area contributed by atoms with Crippen LogP contribution in [0.3, 0.4) is 0 Å². The molecule has 0 bridgehead atoms. The first-order valence-corrected chi connectivity index (χ1v) is 5.08. The minimum Gasteiger partial charge on any atom is -0.372 e. The molecule has 3 nitrogen and oxygen atoms in total. The highest BCUT2D eigenvalue weighted by Gasteiger charge is 2.05. The molecule has 78 valence electrons. The first-order chi connectivity index (χ1) is 6.65. The molecule has 0 radical (unpaired) electrons. The van der Waals surface area contributed by atoms with Crippen LogP contribution in [0.2, 0.25) is 0 Å². The molecule has 3 heteroatoms. The van der Waals surface area contributed by atoms with Crippen molar-refractivity contribution in [2.45, 2.75) is 26.8 Å². The largest absolute Gasteiger partial charge is 0.372 e. The molecule has 0 aliphatic rings. The lowest BCUT2D eigenvalue weighted by atomic mass is 10.3. The third-order valence-electron chi connectivity index (χ3n) is 2.28. The minimum absolute atomic E-state index is 0.506. The van der Waals surface area contributed by atoms with E-state index in [9.17, 15) is 0 Å². The summed E-state index contributed by atoms with van der Waals surface area (Å²) in [6, 6.07) is 4.61. The highest BCUT2D eigenvalue weighted by atomic mass is 15.1. The smallest absolute Gasteiger partial charge is 0.127 e. The zero-order chi connectivity index (χ0) is 10.6. The molecule has 0 unspecified atom stereocenters. The zero-order valence-electron chi connectivity index (χ0n) is 9.41. The number of anilines is 2. The number of pyridine rings is 1. The molecule has 1 N–H and O–H groups in total. The Kier molecular flexibility index (Phi) is 3.74. The van der Waals surface area contributed by atoms with Crippen molar-refractivity contribution >= 4 is 11.5 Å². The molecule has 1 aromatic heterocycles. The van der Waals surface area contributed by atoms with E-state index in [2.05, 4.69) is 49.1 Å². The summed E-state index contributed by atoms with van der Waals surface area (Å²) < 4.78 is 0. The lowest BCUT2D eigenvalue weighted by Gasteiger charge is -2.23. The highest BCUT2D eigenvalue weighted by Crippen LogP contribution is 2.17. The van der Waals surface area contributed by atoms with Crippen molar-refractivity contribution in [2.75, 3.05) is 23.8 Å². The summed E-state index contributed by atoms with van der Waals surface area (Å²) in [5.41, 5.74) is 1.20. The summed E-state index contributed by atoms with van der Waals surface area (Å²) >= 11 is 0. The molecule has 0 aromatic carbocycles. The number of hydrogen-bond acceptors (Lipinski definition) is 3. The quantitative estimate of drug-likeness (QED) is 0.795. The second kappa shape index (κ2) is 4.84. The topological polar surface area (TPSA) is 28.2 Å². The first-order valence-electron chi connectivity index (χ1n) is 5.08. The van der Waals surface area contributed by atoms with Crippen molar-refractivity contribution in [1.29, 1.82) is 0 Å². The van der Waals surface area contributed by atoms with Crippen LogP contribution in [-0.2, 0) is 0 Å². The van der Waals surface area contributed by atoms with Crippen LogP contribution in [0, 0.1) is 0 Å². The third kappa shape index (κ3) is 2.62. The van der Waals surface area contributed by atoms with E-state index in [-0.39, 0.29) is 0 Å². The summed E-state index contributed by atoms with van der Waals surface area (Å²) in [5, 5.41) is 3.20. The fourth-order valence-corrected chi connectivity index (χ4v) is 1.21. The fraction of sp³-hybridized carbons (Fsp3) is 0.545. The molecule has 14 heavy (non-hydrogen) atoms. The van der Waals surface area contributed by atoms with Crippen LogP contribution in [-0.4, -0.2) is 24.6 Å². The molecule has 1 heterocycles. The molecule has 0 amide bonds. The summed E-state index contributed by atoms with van der Waals surface area (Å²) in [6.45, 7) is 7.32. The van der Waals surface area contributed by atoms with E-state index in [1.54, 1.807) is 0 Å². The van der Waals surface area contributed by atoms with Gasteiger partial charge in [0.15, 0.2) is 0 Å². The van der Waals surface area contributed by atoms with Gasteiger partial charge in [0.25, 0.3) is 0 Å². The van der Waals surface area contributed by atoms with Crippen molar-refractivity contribution in [3.05, 3.63) is 18.3 Å². The van der Waals surface area contributed by atoms with E-state index in [0.29, 0.717) is 6.04 Å². The number of nitrogens with one attached hydrogen (secondary N) is 1. The normalized spacial score (nSPS) is 10.4. The summed E-state index contributed by atoms with van der Waals surface area (Å²) in [7, 11) is 2.09. The van der Waals surface area contributed by atoms with Crippen LogP contribution in [0.25, 0.3) is 0 Å². The van der Waals surface area contributed by atoms with E-state index in [4.69, 9.17) is 0 Å². The average molecular weight is 193 g/mol. The van der Waals surface area contributed by atoms with Crippen LogP contribution in [0.5, 0.6) is 0 Å². The number of hydrogen-bond donors (Lipinski definition) is 1. The Morgan fingerprint density at radius 1 is 1.50 bits per heavy atom. The number of nitrogens with zero attached hydrogens (tertiary/aromatic N) is 2. The van der Waals surface area contributed by atoms with Gasteiger partial charge in [0, 0.05) is 37.6 Å². The Labute approximate surface area is 86.2 Å². The average Bonchev–Trinajstić information content (AvgIpc) is 2.17.